The first-order chi connectivity index (χ1) is 14.9. The van der Waals surface area contributed by atoms with E-state index in [0.29, 0.717) is 5.56 Å². The first-order valence-corrected chi connectivity index (χ1v) is 9.59. The molecule has 0 aliphatic carbocycles. The van der Waals surface area contributed by atoms with Crippen LogP contribution in [0, 0.1) is 24.1 Å². The molecule has 0 fully saturated rings. The summed E-state index contributed by atoms with van der Waals surface area (Å²) in [6.45, 7) is 3.09. The van der Waals surface area contributed by atoms with E-state index < -0.39 is 29.1 Å². The van der Waals surface area contributed by atoms with Crippen molar-refractivity contribution in [1.82, 2.24) is 9.55 Å². The van der Waals surface area contributed by atoms with E-state index in [1.54, 1.807) is 25.3 Å². The molecule has 0 saturated heterocycles. The van der Waals surface area contributed by atoms with E-state index in [4.69, 9.17) is 4.74 Å². The molecule has 2 heterocycles. The Balaban J connectivity index is 2.07. The molecule has 1 aromatic carbocycles. The van der Waals surface area contributed by atoms with Crippen molar-refractivity contribution < 1.29 is 19.0 Å². The molecule has 0 aliphatic rings. The molecule has 2 aromatic heterocycles. The highest BCUT2D eigenvalue weighted by atomic mass is 19.1. The maximum atomic E-state index is 13.3. The van der Waals surface area contributed by atoms with Gasteiger partial charge in [0, 0.05) is 12.4 Å². The number of pyridine rings is 2. The quantitative estimate of drug-likeness (QED) is 0.587. The van der Waals surface area contributed by atoms with E-state index in [9.17, 15) is 24.3 Å². The molecule has 1 N–H and O–H groups in total. The fourth-order valence-electron chi connectivity index (χ4n) is 3.23. The third kappa shape index (κ3) is 4.46. The summed E-state index contributed by atoms with van der Waals surface area (Å²) in [6.07, 6.45) is 2.33. The number of halogens is 1. The number of ketones is 1. The summed E-state index contributed by atoms with van der Waals surface area (Å²) in [5.41, 5.74) is -0.402. The van der Waals surface area contributed by atoms with E-state index in [1.165, 1.54) is 37.4 Å². The zero-order valence-corrected chi connectivity index (χ0v) is 17.0. The molecule has 3 rings (SSSR count). The van der Waals surface area contributed by atoms with Crippen LogP contribution in [0.1, 0.15) is 40.4 Å². The van der Waals surface area contributed by atoms with E-state index in [1.807, 2.05) is 6.07 Å². The monoisotopic (exact) mass is 421 g/mol. The number of nitriles is 1. The van der Waals surface area contributed by atoms with Gasteiger partial charge in [-0.25, -0.2) is 4.39 Å². The van der Waals surface area contributed by atoms with Crippen molar-refractivity contribution in [3.63, 3.8) is 0 Å². The summed E-state index contributed by atoms with van der Waals surface area (Å²) in [4.78, 5) is 30.0. The van der Waals surface area contributed by atoms with Crippen LogP contribution >= 0.6 is 0 Å². The summed E-state index contributed by atoms with van der Waals surface area (Å²) < 4.78 is 19.8. The molecule has 0 spiro atoms. The molecule has 158 valence electrons. The van der Waals surface area contributed by atoms with Gasteiger partial charge < -0.3 is 9.84 Å². The summed E-state index contributed by atoms with van der Waals surface area (Å²) in [7, 11) is 0. The van der Waals surface area contributed by atoms with Crippen LogP contribution in [0.25, 0.3) is 0 Å². The van der Waals surface area contributed by atoms with E-state index >= 15 is 0 Å². The van der Waals surface area contributed by atoms with Gasteiger partial charge in [0.2, 0.25) is 11.7 Å². The third-order valence-corrected chi connectivity index (χ3v) is 4.87. The number of ether oxygens (including phenoxy) is 1. The van der Waals surface area contributed by atoms with Crippen LogP contribution in [-0.4, -0.2) is 26.5 Å². The summed E-state index contributed by atoms with van der Waals surface area (Å²) >= 11 is 0. The van der Waals surface area contributed by atoms with Crippen molar-refractivity contribution in [1.29, 1.82) is 5.26 Å². The van der Waals surface area contributed by atoms with Gasteiger partial charge in [0.1, 0.15) is 23.2 Å². The van der Waals surface area contributed by atoms with Crippen LogP contribution in [0.4, 0.5) is 4.39 Å². The smallest absolute Gasteiger partial charge is 0.271 e. The van der Waals surface area contributed by atoms with Gasteiger partial charge in [0.05, 0.1) is 12.1 Å². The van der Waals surface area contributed by atoms with Crippen LogP contribution in [0.15, 0.2) is 53.6 Å². The molecule has 1 atom stereocenters. The summed E-state index contributed by atoms with van der Waals surface area (Å²) in [5.74, 6) is -1.29. The largest absolute Gasteiger partial charge is 0.494 e. The van der Waals surface area contributed by atoms with Gasteiger partial charge in [-0.3, -0.25) is 19.1 Å². The molecule has 0 aliphatic heterocycles. The predicted molar refractivity (Wildman–Crippen MR) is 111 cm³/mol. The SMILES string of the molecule is CCC(Oc1ccc(F)cc1)C(=O)c1c(C)c(C#N)c(=O)n(Cc2cccnc2)c1O. The lowest BCUT2D eigenvalue weighted by molar-refractivity contribution is 0.0781. The minimum atomic E-state index is -1.01. The molecule has 7 nitrogen and oxygen atoms in total. The molecule has 0 amide bonds. The van der Waals surface area contributed by atoms with Crippen LogP contribution in [0.2, 0.25) is 0 Å². The Bertz CT molecular complexity index is 1200. The lowest BCUT2D eigenvalue weighted by atomic mass is 9.97. The number of aromatic nitrogens is 2. The van der Waals surface area contributed by atoms with Gasteiger partial charge in [-0.15, -0.1) is 0 Å². The Labute approximate surface area is 178 Å². The summed E-state index contributed by atoms with van der Waals surface area (Å²) in [5, 5.41) is 20.4. The van der Waals surface area contributed by atoms with Crippen LogP contribution in [-0.2, 0) is 6.54 Å². The number of aromatic hydroxyl groups is 1. The van der Waals surface area contributed by atoms with E-state index in [-0.39, 0.29) is 35.4 Å². The lowest BCUT2D eigenvalue weighted by Gasteiger charge is -2.20. The van der Waals surface area contributed by atoms with Gasteiger partial charge in [-0.2, -0.15) is 5.26 Å². The molecule has 0 bridgehead atoms. The Morgan fingerprint density at radius 2 is 2.03 bits per heavy atom. The minimum absolute atomic E-state index is 0.0661. The topological polar surface area (TPSA) is 105 Å². The molecule has 0 radical (unpaired) electrons. The molecule has 1 unspecified atom stereocenters. The zero-order chi connectivity index (χ0) is 22.5. The van der Waals surface area contributed by atoms with Crippen LogP contribution in [0.5, 0.6) is 11.6 Å². The Morgan fingerprint density at radius 1 is 1.32 bits per heavy atom. The lowest BCUT2D eigenvalue weighted by Crippen LogP contribution is -2.32. The Morgan fingerprint density at radius 3 is 2.61 bits per heavy atom. The van der Waals surface area contributed by atoms with Crippen molar-refractivity contribution in [2.24, 2.45) is 0 Å². The predicted octanol–water partition coefficient (Wildman–Crippen LogP) is 3.36. The van der Waals surface area contributed by atoms with Crippen molar-refractivity contribution >= 4 is 5.78 Å². The van der Waals surface area contributed by atoms with E-state index in [2.05, 4.69) is 4.98 Å². The second-order valence-corrected chi connectivity index (χ2v) is 6.90. The average molecular weight is 421 g/mol. The molecule has 3 aromatic rings. The molecule has 31 heavy (non-hydrogen) atoms. The number of hydrogen-bond donors (Lipinski definition) is 1. The van der Waals surface area contributed by atoms with Crippen molar-refractivity contribution in [2.45, 2.75) is 32.9 Å². The number of Topliss-reactive ketones (excluding diaryl/α,β-unsaturated/α-hetero) is 1. The number of hydrogen-bond acceptors (Lipinski definition) is 6. The van der Waals surface area contributed by atoms with Crippen molar-refractivity contribution in [3.8, 4) is 17.7 Å². The van der Waals surface area contributed by atoms with Gasteiger partial charge in [-0.1, -0.05) is 13.0 Å². The normalized spacial score (nSPS) is 11.5. The molecular formula is C23H20FN3O4. The number of rotatable bonds is 7. The maximum absolute atomic E-state index is 13.3. The fourth-order valence-corrected chi connectivity index (χ4v) is 3.23. The summed E-state index contributed by atoms with van der Waals surface area (Å²) in [6, 6.07) is 10.4. The number of carbonyl (C=O) groups is 1. The highest BCUT2D eigenvalue weighted by Gasteiger charge is 2.29. The zero-order valence-electron chi connectivity index (χ0n) is 17.0. The van der Waals surface area contributed by atoms with Gasteiger partial charge in [-0.05, 0) is 54.8 Å². The maximum Gasteiger partial charge on any atom is 0.271 e. The standard InChI is InChI=1S/C23H20FN3O4/c1-3-19(31-17-8-6-16(24)7-9-17)21(28)20-14(2)18(11-25)22(29)27(23(20)30)13-15-5-4-10-26-12-15/h4-10,12,19,30H,3,13H2,1-2H3. The highest BCUT2D eigenvalue weighted by Crippen LogP contribution is 2.26. The van der Waals surface area contributed by atoms with Crippen molar-refractivity contribution in [3.05, 3.63) is 87.2 Å². The Kier molecular flexibility index (Phi) is 6.46. The first kappa shape index (κ1) is 21.7. The number of nitrogens with zero attached hydrogens (tertiary/aromatic N) is 3. The number of benzene rings is 1. The van der Waals surface area contributed by atoms with E-state index in [0.717, 1.165) is 4.57 Å². The first-order valence-electron chi connectivity index (χ1n) is 9.59. The van der Waals surface area contributed by atoms with Crippen LogP contribution < -0.4 is 10.3 Å². The number of carbonyl (C=O) groups excluding carboxylic acids is 1. The third-order valence-electron chi connectivity index (χ3n) is 4.87. The van der Waals surface area contributed by atoms with Crippen LogP contribution in [0.3, 0.4) is 0 Å². The molecular weight excluding hydrogens is 401 g/mol. The van der Waals surface area contributed by atoms with Crippen molar-refractivity contribution in [2.75, 3.05) is 0 Å². The second kappa shape index (κ2) is 9.22. The highest BCUT2D eigenvalue weighted by molar-refractivity contribution is 6.03. The van der Waals surface area contributed by atoms with Gasteiger partial charge in [0.15, 0.2) is 6.10 Å². The molecule has 0 saturated carbocycles. The second-order valence-electron chi connectivity index (χ2n) is 6.90. The molecule has 8 heteroatoms. The van der Waals surface area contributed by atoms with Gasteiger partial charge >= 0.3 is 0 Å². The minimum Gasteiger partial charge on any atom is -0.494 e. The van der Waals surface area contributed by atoms with Gasteiger partial charge in [0.25, 0.3) is 5.56 Å². The Hall–Kier alpha value is -3.99. The fraction of sp³-hybridized carbons (Fsp3) is 0.217. The average Bonchev–Trinajstić information content (AvgIpc) is 2.77.